The molecule has 2 heteroatoms. The summed E-state index contributed by atoms with van der Waals surface area (Å²) < 4.78 is 5.59. The van der Waals surface area contributed by atoms with Crippen molar-refractivity contribution in [1.82, 2.24) is 0 Å². The third-order valence-electron chi connectivity index (χ3n) is 2.68. The second kappa shape index (κ2) is 7.10. The molecule has 0 aliphatic carbocycles. The number of unbranched alkanes of at least 4 members (excludes halogenated alkanes) is 2. The first kappa shape index (κ1) is 13.8. The molecule has 0 saturated carbocycles. The Morgan fingerprint density at radius 2 is 1.82 bits per heavy atom. The fourth-order valence-electron chi connectivity index (χ4n) is 1.59. The molecule has 0 saturated heterocycles. The molecule has 0 bridgehead atoms. The minimum atomic E-state index is 0.0475. The van der Waals surface area contributed by atoms with Crippen molar-refractivity contribution in [2.45, 2.75) is 40.0 Å². The van der Waals surface area contributed by atoms with Crippen molar-refractivity contribution in [2.75, 3.05) is 6.61 Å². The molecule has 0 N–H and O–H groups in total. The molecule has 0 radical (unpaired) electrons. The monoisotopic (exact) mass is 234 g/mol. The van der Waals surface area contributed by atoms with Gasteiger partial charge in [-0.1, -0.05) is 33.6 Å². The number of ketones is 1. The lowest BCUT2D eigenvalue weighted by Gasteiger charge is -2.07. The van der Waals surface area contributed by atoms with E-state index >= 15 is 0 Å². The molecule has 0 aliphatic heterocycles. The molecule has 94 valence electrons. The van der Waals surface area contributed by atoms with Gasteiger partial charge in [0.15, 0.2) is 5.78 Å². The van der Waals surface area contributed by atoms with Gasteiger partial charge in [-0.3, -0.25) is 4.79 Å². The molecular formula is C15H22O2. The normalized spacial score (nSPS) is 10.6. The van der Waals surface area contributed by atoms with Crippen LogP contribution in [0.15, 0.2) is 24.3 Å². The Morgan fingerprint density at radius 1 is 1.18 bits per heavy atom. The second-order valence-corrected chi connectivity index (χ2v) is 4.60. The van der Waals surface area contributed by atoms with E-state index in [1.54, 1.807) is 0 Å². The number of Topliss-reactive ketones (excluding diaryl/α,β-unsaturated/α-hetero) is 1. The summed E-state index contributed by atoms with van der Waals surface area (Å²) in [6.45, 7) is 6.76. The van der Waals surface area contributed by atoms with Crippen LogP contribution in [0.3, 0.4) is 0 Å². The van der Waals surface area contributed by atoms with E-state index in [0.29, 0.717) is 0 Å². The minimum Gasteiger partial charge on any atom is -0.494 e. The zero-order valence-electron chi connectivity index (χ0n) is 11.0. The quantitative estimate of drug-likeness (QED) is 0.524. The fourth-order valence-corrected chi connectivity index (χ4v) is 1.59. The predicted molar refractivity (Wildman–Crippen MR) is 70.6 cm³/mol. The van der Waals surface area contributed by atoms with Crippen LogP contribution in [0.25, 0.3) is 0 Å². The molecule has 0 spiro atoms. The Balaban J connectivity index is 2.47. The fraction of sp³-hybridized carbons (Fsp3) is 0.533. The van der Waals surface area contributed by atoms with E-state index in [4.69, 9.17) is 4.74 Å². The zero-order chi connectivity index (χ0) is 12.7. The summed E-state index contributed by atoms with van der Waals surface area (Å²) in [5.41, 5.74) is 0.765. The number of ether oxygens (including phenoxy) is 1. The second-order valence-electron chi connectivity index (χ2n) is 4.60. The molecule has 1 aromatic carbocycles. The number of hydrogen-bond donors (Lipinski definition) is 0. The Morgan fingerprint density at radius 3 is 2.35 bits per heavy atom. The Labute approximate surface area is 104 Å². The van der Waals surface area contributed by atoms with Crippen LogP contribution < -0.4 is 4.74 Å². The van der Waals surface area contributed by atoms with E-state index < -0.39 is 0 Å². The maximum atomic E-state index is 11.7. The third-order valence-corrected chi connectivity index (χ3v) is 2.68. The molecular weight excluding hydrogens is 212 g/mol. The van der Waals surface area contributed by atoms with Gasteiger partial charge in [0.05, 0.1) is 6.61 Å². The van der Waals surface area contributed by atoms with Crippen molar-refractivity contribution in [3.8, 4) is 5.75 Å². The zero-order valence-corrected chi connectivity index (χ0v) is 11.0. The molecule has 0 amide bonds. The molecule has 17 heavy (non-hydrogen) atoms. The van der Waals surface area contributed by atoms with Gasteiger partial charge < -0.3 is 4.74 Å². The minimum absolute atomic E-state index is 0.0475. The van der Waals surface area contributed by atoms with Crippen LogP contribution in [0, 0.1) is 5.92 Å². The van der Waals surface area contributed by atoms with E-state index in [2.05, 4.69) is 6.92 Å². The van der Waals surface area contributed by atoms with Gasteiger partial charge in [-0.15, -0.1) is 0 Å². The van der Waals surface area contributed by atoms with Crippen molar-refractivity contribution in [3.63, 3.8) is 0 Å². The largest absolute Gasteiger partial charge is 0.494 e. The first-order valence-corrected chi connectivity index (χ1v) is 6.42. The number of carbonyl (C=O) groups is 1. The average Bonchev–Trinajstić information content (AvgIpc) is 2.34. The molecule has 2 nitrogen and oxygen atoms in total. The number of hydrogen-bond acceptors (Lipinski definition) is 2. The summed E-state index contributed by atoms with van der Waals surface area (Å²) in [4.78, 5) is 11.7. The van der Waals surface area contributed by atoms with Crippen LogP contribution in [0.1, 0.15) is 50.4 Å². The standard InChI is InChI=1S/C15H22O2/c1-4-5-6-11-17-14-9-7-13(8-10-14)15(16)12(2)3/h7-10,12H,4-6,11H2,1-3H3. The third kappa shape index (κ3) is 4.59. The van der Waals surface area contributed by atoms with Gasteiger partial charge in [0, 0.05) is 11.5 Å². The summed E-state index contributed by atoms with van der Waals surface area (Å²) in [6, 6.07) is 7.44. The molecule has 0 aromatic heterocycles. The number of benzene rings is 1. The van der Waals surface area contributed by atoms with Gasteiger partial charge in [0.25, 0.3) is 0 Å². The van der Waals surface area contributed by atoms with E-state index in [1.165, 1.54) is 12.8 Å². The van der Waals surface area contributed by atoms with Gasteiger partial charge in [-0.25, -0.2) is 0 Å². The first-order valence-electron chi connectivity index (χ1n) is 6.42. The highest BCUT2D eigenvalue weighted by Gasteiger charge is 2.09. The molecule has 0 atom stereocenters. The number of carbonyl (C=O) groups excluding carboxylic acids is 1. The molecule has 1 aromatic rings. The SMILES string of the molecule is CCCCCOc1ccc(C(=O)C(C)C)cc1. The van der Waals surface area contributed by atoms with Crippen molar-refractivity contribution in [2.24, 2.45) is 5.92 Å². The maximum Gasteiger partial charge on any atom is 0.165 e. The maximum absolute atomic E-state index is 11.7. The topological polar surface area (TPSA) is 26.3 Å². The average molecular weight is 234 g/mol. The predicted octanol–water partition coefficient (Wildman–Crippen LogP) is 4.09. The highest BCUT2D eigenvalue weighted by molar-refractivity contribution is 5.97. The lowest BCUT2D eigenvalue weighted by atomic mass is 10.0. The number of rotatable bonds is 7. The van der Waals surface area contributed by atoms with E-state index in [-0.39, 0.29) is 11.7 Å². The van der Waals surface area contributed by atoms with Gasteiger partial charge in [0.2, 0.25) is 0 Å². The Kier molecular flexibility index (Phi) is 5.75. The highest BCUT2D eigenvalue weighted by Crippen LogP contribution is 2.15. The van der Waals surface area contributed by atoms with Gasteiger partial charge in [-0.05, 0) is 30.7 Å². The summed E-state index contributed by atoms with van der Waals surface area (Å²) in [7, 11) is 0. The van der Waals surface area contributed by atoms with Gasteiger partial charge in [-0.2, -0.15) is 0 Å². The van der Waals surface area contributed by atoms with Crippen LogP contribution in [-0.4, -0.2) is 12.4 Å². The van der Waals surface area contributed by atoms with Crippen molar-refractivity contribution < 1.29 is 9.53 Å². The van der Waals surface area contributed by atoms with E-state index in [1.807, 2.05) is 38.1 Å². The van der Waals surface area contributed by atoms with Crippen LogP contribution >= 0.6 is 0 Å². The van der Waals surface area contributed by atoms with Crippen molar-refractivity contribution in [1.29, 1.82) is 0 Å². The van der Waals surface area contributed by atoms with Crippen molar-refractivity contribution >= 4 is 5.78 Å². The summed E-state index contributed by atoms with van der Waals surface area (Å²) in [5, 5.41) is 0. The molecule has 0 unspecified atom stereocenters. The Hall–Kier alpha value is -1.31. The lowest BCUT2D eigenvalue weighted by molar-refractivity contribution is 0.0939. The first-order chi connectivity index (χ1) is 8.15. The lowest BCUT2D eigenvalue weighted by Crippen LogP contribution is -2.07. The van der Waals surface area contributed by atoms with E-state index in [9.17, 15) is 4.79 Å². The van der Waals surface area contributed by atoms with Gasteiger partial charge >= 0.3 is 0 Å². The molecule has 1 rings (SSSR count). The molecule has 0 fully saturated rings. The van der Waals surface area contributed by atoms with Crippen molar-refractivity contribution in [3.05, 3.63) is 29.8 Å². The van der Waals surface area contributed by atoms with Crippen LogP contribution in [-0.2, 0) is 0 Å². The summed E-state index contributed by atoms with van der Waals surface area (Å²) in [5.74, 6) is 1.08. The summed E-state index contributed by atoms with van der Waals surface area (Å²) in [6.07, 6.45) is 3.48. The summed E-state index contributed by atoms with van der Waals surface area (Å²) >= 11 is 0. The van der Waals surface area contributed by atoms with Crippen LogP contribution in [0.5, 0.6) is 5.75 Å². The molecule has 0 aliphatic rings. The molecule has 0 heterocycles. The Bertz CT molecular complexity index is 338. The van der Waals surface area contributed by atoms with E-state index in [0.717, 1.165) is 24.3 Å². The highest BCUT2D eigenvalue weighted by atomic mass is 16.5. The van der Waals surface area contributed by atoms with Gasteiger partial charge in [0.1, 0.15) is 5.75 Å². The smallest absolute Gasteiger partial charge is 0.165 e. The van der Waals surface area contributed by atoms with Crippen LogP contribution in [0.2, 0.25) is 0 Å². The van der Waals surface area contributed by atoms with Crippen LogP contribution in [0.4, 0.5) is 0 Å².